The number of carboxylic acid groups (broad SMARTS) is 1. The van der Waals surface area contributed by atoms with Crippen molar-refractivity contribution in [1.29, 1.82) is 5.26 Å². The molecule has 27 heavy (non-hydrogen) atoms. The number of hydrogen-bond acceptors (Lipinski definition) is 5. The van der Waals surface area contributed by atoms with Gasteiger partial charge in [-0.1, -0.05) is 18.2 Å². The Hall–Kier alpha value is -3.53. The van der Waals surface area contributed by atoms with E-state index in [1.165, 1.54) is 25.3 Å². The van der Waals surface area contributed by atoms with Gasteiger partial charge in [-0.05, 0) is 42.7 Å². The molecular formula is C20H20N2O5. The van der Waals surface area contributed by atoms with Crippen LogP contribution < -0.4 is 14.8 Å². The highest BCUT2D eigenvalue weighted by molar-refractivity contribution is 5.85. The summed E-state index contributed by atoms with van der Waals surface area (Å²) in [7, 11) is 1.42. The first kappa shape index (κ1) is 19.8. The van der Waals surface area contributed by atoms with Crippen molar-refractivity contribution in [3.05, 3.63) is 58.7 Å². The molecule has 0 aromatic heterocycles. The molecule has 0 heterocycles. The van der Waals surface area contributed by atoms with Crippen LogP contribution in [0.1, 0.15) is 28.3 Å². The Labute approximate surface area is 157 Å². The summed E-state index contributed by atoms with van der Waals surface area (Å²) in [5.74, 6) is -1.15. The van der Waals surface area contributed by atoms with Gasteiger partial charge < -0.3 is 19.9 Å². The molecule has 1 amide bonds. The Kier molecular flexibility index (Phi) is 6.39. The van der Waals surface area contributed by atoms with Gasteiger partial charge in [0.1, 0.15) is 0 Å². The lowest BCUT2D eigenvalue weighted by Gasteiger charge is -2.18. The van der Waals surface area contributed by atoms with Gasteiger partial charge in [0.15, 0.2) is 24.1 Å². The number of carboxylic acids is 1. The number of nitrogens with zero attached hydrogens (tertiary/aromatic N) is 1. The highest BCUT2D eigenvalue weighted by Crippen LogP contribution is 2.28. The van der Waals surface area contributed by atoms with Gasteiger partial charge in [-0.2, -0.15) is 5.26 Å². The third-order valence-electron chi connectivity index (χ3n) is 4.16. The van der Waals surface area contributed by atoms with Crippen molar-refractivity contribution in [1.82, 2.24) is 5.32 Å². The third-order valence-corrected chi connectivity index (χ3v) is 4.16. The largest absolute Gasteiger partial charge is 0.493 e. The van der Waals surface area contributed by atoms with E-state index >= 15 is 0 Å². The maximum atomic E-state index is 12.2. The Morgan fingerprint density at radius 2 is 1.96 bits per heavy atom. The monoisotopic (exact) mass is 368 g/mol. The quantitative estimate of drug-likeness (QED) is 0.777. The van der Waals surface area contributed by atoms with Crippen LogP contribution in [0.3, 0.4) is 0 Å². The van der Waals surface area contributed by atoms with Gasteiger partial charge >= 0.3 is 5.97 Å². The standard InChI is InChI=1S/C20H20N2O5/c1-12-5-4-6-15(13(12)2)19(20(24)25)22-18(23)11-27-16-8-7-14(10-21)9-17(16)26-3/h4-9,19H,11H2,1-3H3,(H,22,23)(H,24,25). The van der Waals surface area contributed by atoms with Gasteiger partial charge in [-0.3, -0.25) is 4.79 Å². The molecule has 0 bridgehead atoms. The van der Waals surface area contributed by atoms with Crippen LogP contribution in [0.5, 0.6) is 11.5 Å². The molecule has 0 radical (unpaired) electrons. The van der Waals surface area contributed by atoms with Gasteiger partial charge in [0, 0.05) is 6.07 Å². The highest BCUT2D eigenvalue weighted by atomic mass is 16.5. The Morgan fingerprint density at radius 3 is 2.59 bits per heavy atom. The Bertz CT molecular complexity index is 902. The SMILES string of the molecule is COc1cc(C#N)ccc1OCC(=O)NC(C(=O)O)c1cccc(C)c1C. The predicted molar refractivity (Wildman–Crippen MR) is 97.6 cm³/mol. The molecule has 2 rings (SSSR count). The van der Waals surface area contributed by atoms with Crippen molar-refractivity contribution in [2.75, 3.05) is 13.7 Å². The molecule has 0 aliphatic carbocycles. The fraction of sp³-hybridized carbons (Fsp3) is 0.250. The van der Waals surface area contributed by atoms with E-state index in [0.29, 0.717) is 16.9 Å². The van der Waals surface area contributed by atoms with E-state index < -0.39 is 24.5 Å². The average molecular weight is 368 g/mol. The number of benzene rings is 2. The van der Waals surface area contributed by atoms with Gasteiger partial charge in [0.25, 0.3) is 5.91 Å². The van der Waals surface area contributed by atoms with Crippen LogP contribution in [0.15, 0.2) is 36.4 Å². The molecule has 2 aromatic rings. The molecule has 0 fully saturated rings. The van der Waals surface area contributed by atoms with Crippen LogP contribution in [-0.2, 0) is 9.59 Å². The summed E-state index contributed by atoms with van der Waals surface area (Å²) in [5.41, 5.74) is 2.66. The molecule has 0 spiro atoms. The minimum absolute atomic E-state index is 0.283. The summed E-state index contributed by atoms with van der Waals surface area (Å²) in [6.45, 7) is 3.29. The lowest BCUT2D eigenvalue weighted by Crippen LogP contribution is -2.37. The van der Waals surface area contributed by atoms with Crippen LogP contribution in [0, 0.1) is 25.2 Å². The minimum Gasteiger partial charge on any atom is -0.493 e. The number of aryl methyl sites for hydroxylation is 1. The van der Waals surface area contributed by atoms with Crippen LogP contribution in [0.2, 0.25) is 0 Å². The second-order valence-electron chi connectivity index (χ2n) is 5.89. The van der Waals surface area contributed by atoms with Crippen LogP contribution in [0.4, 0.5) is 0 Å². The number of rotatable bonds is 7. The van der Waals surface area contributed by atoms with Crippen LogP contribution in [0.25, 0.3) is 0 Å². The third kappa shape index (κ3) is 4.76. The van der Waals surface area contributed by atoms with Crippen molar-refractivity contribution in [2.45, 2.75) is 19.9 Å². The van der Waals surface area contributed by atoms with E-state index in [1.807, 2.05) is 26.0 Å². The molecular weight excluding hydrogens is 348 g/mol. The topological polar surface area (TPSA) is 109 Å². The van der Waals surface area contributed by atoms with Crippen molar-refractivity contribution in [3.63, 3.8) is 0 Å². The molecule has 1 unspecified atom stereocenters. The number of methoxy groups -OCH3 is 1. The molecule has 0 aliphatic rings. The first-order valence-corrected chi connectivity index (χ1v) is 8.16. The maximum absolute atomic E-state index is 12.2. The molecule has 7 nitrogen and oxygen atoms in total. The predicted octanol–water partition coefficient (Wildman–Crippen LogP) is 2.50. The summed E-state index contributed by atoms with van der Waals surface area (Å²) >= 11 is 0. The summed E-state index contributed by atoms with van der Waals surface area (Å²) in [6, 6.07) is 10.6. The van der Waals surface area contributed by atoms with E-state index in [-0.39, 0.29) is 5.75 Å². The molecule has 0 saturated carbocycles. The molecule has 7 heteroatoms. The molecule has 2 N–H and O–H groups in total. The Balaban J connectivity index is 2.10. The molecule has 140 valence electrons. The van der Waals surface area contributed by atoms with Crippen molar-refractivity contribution in [3.8, 4) is 17.6 Å². The summed E-state index contributed by atoms with van der Waals surface area (Å²) < 4.78 is 10.6. The average Bonchev–Trinajstić information content (AvgIpc) is 2.66. The van der Waals surface area contributed by atoms with Gasteiger partial charge in [-0.15, -0.1) is 0 Å². The normalized spacial score (nSPS) is 11.2. The number of ether oxygens (including phenoxy) is 2. The second kappa shape index (κ2) is 8.72. The maximum Gasteiger partial charge on any atom is 0.330 e. The fourth-order valence-corrected chi connectivity index (χ4v) is 2.56. The van der Waals surface area contributed by atoms with Crippen molar-refractivity contribution < 1.29 is 24.2 Å². The second-order valence-corrected chi connectivity index (χ2v) is 5.89. The zero-order valence-corrected chi connectivity index (χ0v) is 15.3. The molecule has 0 saturated heterocycles. The first-order chi connectivity index (χ1) is 12.9. The lowest BCUT2D eigenvalue weighted by atomic mass is 9.97. The minimum atomic E-state index is -1.18. The van der Waals surface area contributed by atoms with Gasteiger partial charge in [0.05, 0.1) is 18.7 Å². The zero-order chi connectivity index (χ0) is 20.0. The molecule has 0 aliphatic heterocycles. The number of nitriles is 1. The highest BCUT2D eigenvalue weighted by Gasteiger charge is 2.24. The number of nitrogens with one attached hydrogen (secondary N) is 1. The number of carbonyl (C=O) groups is 2. The van der Waals surface area contributed by atoms with E-state index in [0.717, 1.165) is 11.1 Å². The summed E-state index contributed by atoms with van der Waals surface area (Å²) in [5, 5.41) is 20.9. The number of aliphatic carboxylic acids is 1. The van der Waals surface area contributed by atoms with E-state index in [1.54, 1.807) is 12.1 Å². The van der Waals surface area contributed by atoms with E-state index in [9.17, 15) is 14.7 Å². The van der Waals surface area contributed by atoms with Crippen LogP contribution in [-0.4, -0.2) is 30.7 Å². The number of hydrogen-bond donors (Lipinski definition) is 2. The van der Waals surface area contributed by atoms with Crippen molar-refractivity contribution >= 4 is 11.9 Å². The summed E-state index contributed by atoms with van der Waals surface area (Å²) in [4.78, 5) is 23.9. The van der Waals surface area contributed by atoms with Gasteiger partial charge in [-0.25, -0.2) is 4.79 Å². The molecule has 1 atom stereocenters. The van der Waals surface area contributed by atoms with Gasteiger partial charge in [0.2, 0.25) is 0 Å². The zero-order valence-electron chi connectivity index (χ0n) is 15.3. The summed E-state index contributed by atoms with van der Waals surface area (Å²) in [6.07, 6.45) is 0. The van der Waals surface area contributed by atoms with E-state index in [4.69, 9.17) is 14.7 Å². The number of carbonyl (C=O) groups excluding carboxylic acids is 1. The first-order valence-electron chi connectivity index (χ1n) is 8.16. The smallest absolute Gasteiger partial charge is 0.330 e. The number of amides is 1. The molecule has 2 aromatic carbocycles. The Morgan fingerprint density at radius 1 is 1.22 bits per heavy atom. The van der Waals surface area contributed by atoms with Crippen LogP contribution >= 0.6 is 0 Å². The van der Waals surface area contributed by atoms with E-state index in [2.05, 4.69) is 5.32 Å². The van der Waals surface area contributed by atoms with Crippen molar-refractivity contribution in [2.24, 2.45) is 0 Å². The lowest BCUT2D eigenvalue weighted by molar-refractivity contribution is -0.142. The fourth-order valence-electron chi connectivity index (χ4n) is 2.56.